The third kappa shape index (κ3) is 4.00. The van der Waals surface area contributed by atoms with Gasteiger partial charge in [0.1, 0.15) is 5.60 Å². The Morgan fingerprint density at radius 3 is 2.50 bits per heavy atom. The average Bonchev–Trinajstić information content (AvgIpc) is 2.47. The van der Waals surface area contributed by atoms with E-state index in [-0.39, 0.29) is 12.1 Å². The number of amides is 1. The largest absolute Gasteiger partial charge is 0.444 e. The molecule has 1 amide bonds. The Labute approximate surface area is 98.1 Å². The molecule has 2 N–H and O–H groups in total. The number of hydrogen-bond donors (Lipinski definition) is 2. The lowest BCUT2D eigenvalue weighted by atomic mass is 9.91. The van der Waals surface area contributed by atoms with E-state index in [0.717, 1.165) is 13.1 Å². The monoisotopic (exact) mass is 228 g/mol. The first-order valence-electron chi connectivity index (χ1n) is 6.00. The summed E-state index contributed by atoms with van der Waals surface area (Å²) in [6.07, 6.45) is -0.313. The van der Waals surface area contributed by atoms with Gasteiger partial charge in [0.05, 0.1) is 0 Å². The Morgan fingerprint density at radius 1 is 1.38 bits per heavy atom. The first-order chi connectivity index (χ1) is 7.29. The SMILES string of the molecule is CC(C)[C@@H]1CNC[C@H]1NC(=O)OC(C)(C)C. The highest BCUT2D eigenvalue weighted by atomic mass is 16.6. The lowest BCUT2D eigenvalue weighted by Crippen LogP contribution is -2.44. The minimum absolute atomic E-state index is 0.190. The van der Waals surface area contributed by atoms with Crippen LogP contribution in [0.5, 0.6) is 0 Å². The van der Waals surface area contributed by atoms with Crippen LogP contribution in [0.1, 0.15) is 34.6 Å². The highest BCUT2D eigenvalue weighted by Crippen LogP contribution is 2.19. The molecule has 0 spiro atoms. The van der Waals surface area contributed by atoms with Crippen LogP contribution in [0.25, 0.3) is 0 Å². The number of carbonyl (C=O) groups excluding carboxylic acids is 1. The molecule has 1 heterocycles. The summed E-state index contributed by atoms with van der Waals surface area (Å²) in [5, 5.41) is 6.24. The van der Waals surface area contributed by atoms with Crippen LogP contribution in [-0.4, -0.2) is 30.8 Å². The second-order valence-corrected chi connectivity index (χ2v) is 5.82. The third-order valence-electron chi connectivity index (χ3n) is 2.82. The molecule has 1 rings (SSSR count). The lowest BCUT2D eigenvalue weighted by Gasteiger charge is -2.25. The molecule has 0 saturated carbocycles. The van der Waals surface area contributed by atoms with Gasteiger partial charge >= 0.3 is 6.09 Å². The van der Waals surface area contributed by atoms with E-state index in [1.807, 2.05) is 20.8 Å². The molecule has 2 atom stereocenters. The minimum Gasteiger partial charge on any atom is -0.444 e. The Hall–Kier alpha value is -0.770. The van der Waals surface area contributed by atoms with Crippen molar-refractivity contribution >= 4 is 6.09 Å². The zero-order valence-electron chi connectivity index (χ0n) is 11.0. The van der Waals surface area contributed by atoms with Crippen molar-refractivity contribution in [3.8, 4) is 0 Å². The molecule has 0 aliphatic carbocycles. The van der Waals surface area contributed by atoms with Crippen LogP contribution in [0.2, 0.25) is 0 Å². The fourth-order valence-corrected chi connectivity index (χ4v) is 2.02. The topological polar surface area (TPSA) is 50.4 Å². The second kappa shape index (κ2) is 5.04. The molecule has 94 valence electrons. The standard InChI is InChI=1S/C12H24N2O2/c1-8(2)9-6-13-7-10(9)14-11(15)16-12(3,4)5/h8-10,13H,6-7H2,1-5H3,(H,14,15)/t9-,10+/m0/s1. The van der Waals surface area contributed by atoms with E-state index in [9.17, 15) is 4.79 Å². The van der Waals surface area contributed by atoms with Crippen molar-refractivity contribution in [3.63, 3.8) is 0 Å². The molecular formula is C12H24N2O2. The van der Waals surface area contributed by atoms with E-state index in [1.54, 1.807) is 0 Å². The molecule has 4 heteroatoms. The van der Waals surface area contributed by atoms with Crippen LogP contribution < -0.4 is 10.6 Å². The van der Waals surface area contributed by atoms with Gasteiger partial charge in [0, 0.05) is 19.1 Å². The van der Waals surface area contributed by atoms with Crippen LogP contribution >= 0.6 is 0 Å². The van der Waals surface area contributed by atoms with Crippen molar-refractivity contribution in [2.75, 3.05) is 13.1 Å². The predicted octanol–water partition coefficient (Wildman–Crippen LogP) is 1.76. The van der Waals surface area contributed by atoms with E-state index in [1.165, 1.54) is 0 Å². The lowest BCUT2D eigenvalue weighted by molar-refractivity contribution is 0.0491. The molecule has 0 aromatic heterocycles. The zero-order chi connectivity index (χ0) is 12.3. The maximum atomic E-state index is 11.6. The van der Waals surface area contributed by atoms with Crippen LogP contribution in [0.3, 0.4) is 0 Å². The summed E-state index contributed by atoms with van der Waals surface area (Å²) in [6.45, 7) is 11.8. The molecule has 16 heavy (non-hydrogen) atoms. The van der Waals surface area contributed by atoms with Gasteiger partial charge in [-0.25, -0.2) is 4.79 Å². The Morgan fingerprint density at radius 2 is 2.00 bits per heavy atom. The summed E-state index contributed by atoms with van der Waals surface area (Å²) in [7, 11) is 0. The summed E-state index contributed by atoms with van der Waals surface area (Å²) < 4.78 is 5.25. The fourth-order valence-electron chi connectivity index (χ4n) is 2.02. The Kier molecular flexibility index (Phi) is 4.19. The zero-order valence-corrected chi connectivity index (χ0v) is 11.0. The fraction of sp³-hybridized carbons (Fsp3) is 0.917. The van der Waals surface area contributed by atoms with E-state index in [0.29, 0.717) is 11.8 Å². The maximum Gasteiger partial charge on any atom is 0.407 e. The predicted molar refractivity (Wildman–Crippen MR) is 64.4 cm³/mol. The number of rotatable bonds is 2. The number of nitrogens with one attached hydrogen (secondary N) is 2. The van der Waals surface area contributed by atoms with Gasteiger partial charge in [0.25, 0.3) is 0 Å². The van der Waals surface area contributed by atoms with Crippen molar-refractivity contribution in [2.45, 2.75) is 46.3 Å². The van der Waals surface area contributed by atoms with E-state index in [4.69, 9.17) is 4.74 Å². The summed E-state index contributed by atoms with van der Waals surface area (Å²) >= 11 is 0. The van der Waals surface area contributed by atoms with Gasteiger partial charge in [-0.15, -0.1) is 0 Å². The molecule has 1 saturated heterocycles. The van der Waals surface area contributed by atoms with E-state index < -0.39 is 5.60 Å². The van der Waals surface area contributed by atoms with Crippen molar-refractivity contribution in [1.82, 2.24) is 10.6 Å². The van der Waals surface area contributed by atoms with Gasteiger partial charge < -0.3 is 15.4 Å². The van der Waals surface area contributed by atoms with Crippen molar-refractivity contribution in [1.29, 1.82) is 0 Å². The van der Waals surface area contributed by atoms with Crippen molar-refractivity contribution in [3.05, 3.63) is 0 Å². The molecule has 0 bridgehead atoms. The highest BCUT2D eigenvalue weighted by Gasteiger charge is 2.31. The summed E-state index contributed by atoms with van der Waals surface area (Å²) in [4.78, 5) is 11.6. The molecule has 0 radical (unpaired) electrons. The highest BCUT2D eigenvalue weighted by molar-refractivity contribution is 5.68. The number of alkyl carbamates (subject to hydrolysis) is 1. The molecular weight excluding hydrogens is 204 g/mol. The third-order valence-corrected chi connectivity index (χ3v) is 2.82. The summed E-state index contributed by atoms with van der Waals surface area (Å²) in [5.74, 6) is 1.06. The van der Waals surface area contributed by atoms with Gasteiger partial charge in [0.2, 0.25) is 0 Å². The first-order valence-corrected chi connectivity index (χ1v) is 6.00. The van der Waals surface area contributed by atoms with Gasteiger partial charge in [0.15, 0.2) is 0 Å². The maximum absolute atomic E-state index is 11.6. The quantitative estimate of drug-likeness (QED) is 0.757. The molecule has 1 aliphatic heterocycles. The van der Waals surface area contributed by atoms with Gasteiger partial charge in [-0.05, 0) is 32.6 Å². The number of hydrogen-bond acceptors (Lipinski definition) is 3. The summed E-state index contributed by atoms with van der Waals surface area (Å²) in [5.41, 5.74) is -0.427. The first kappa shape index (κ1) is 13.3. The molecule has 1 aliphatic rings. The molecule has 0 unspecified atom stereocenters. The summed E-state index contributed by atoms with van der Waals surface area (Å²) in [6, 6.07) is 0.190. The van der Waals surface area contributed by atoms with Crippen molar-refractivity contribution < 1.29 is 9.53 Å². The average molecular weight is 228 g/mol. The Bertz CT molecular complexity index is 246. The van der Waals surface area contributed by atoms with Gasteiger partial charge in [-0.2, -0.15) is 0 Å². The molecule has 0 aromatic rings. The van der Waals surface area contributed by atoms with Crippen LogP contribution in [0, 0.1) is 11.8 Å². The van der Waals surface area contributed by atoms with E-state index >= 15 is 0 Å². The van der Waals surface area contributed by atoms with Crippen LogP contribution in [0.15, 0.2) is 0 Å². The van der Waals surface area contributed by atoms with Crippen LogP contribution in [-0.2, 0) is 4.74 Å². The normalized spacial score (nSPS) is 25.9. The molecule has 1 fully saturated rings. The van der Waals surface area contributed by atoms with Crippen molar-refractivity contribution in [2.24, 2.45) is 11.8 Å². The second-order valence-electron chi connectivity index (χ2n) is 5.82. The Balaban J connectivity index is 2.44. The molecule has 0 aromatic carbocycles. The van der Waals surface area contributed by atoms with E-state index in [2.05, 4.69) is 24.5 Å². The number of ether oxygens (including phenoxy) is 1. The van der Waals surface area contributed by atoms with Gasteiger partial charge in [-0.1, -0.05) is 13.8 Å². The number of carbonyl (C=O) groups is 1. The smallest absolute Gasteiger partial charge is 0.407 e. The minimum atomic E-state index is -0.427. The van der Waals surface area contributed by atoms with Crippen LogP contribution in [0.4, 0.5) is 4.79 Å². The van der Waals surface area contributed by atoms with Gasteiger partial charge in [-0.3, -0.25) is 0 Å². The molecule has 4 nitrogen and oxygen atoms in total.